The lowest BCUT2D eigenvalue weighted by molar-refractivity contribution is 0.115. The van der Waals surface area contributed by atoms with Crippen molar-refractivity contribution in [3.05, 3.63) is 42.2 Å². The van der Waals surface area contributed by atoms with Crippen molar-refractivity contribution in [1.29, 1.82) is 0 Å². The Morgan fingerprint density at radius 1 is 1.12 bits per heavy atom. The van der Waals surface area contributed by atoms with Crippen molar-refractivity contribution in [2.45, 2.75) is 62.2 Å². The van der Waals surface area contributed by atoms with E-state index in [2.05, 4.69) is 35.8 Å². The lowest BCUT2D eigenvalue weighted by atomic mass is 9.84. The van der Waals surface area contributed by atoms with Gasteiger partial charge in [0.15, 0.2) is 10.8 Å². The molecule has 2 aliphatic rings. The topological polar surface area (TPSA) is 138 Å². The lowest BCUT2D eigenvalue weighted by Crippen LogP contribution is -2.57. The number of nitrogens with one attached hydrogen (secondary N) is 3. The summed E-state index contributed by atoms with van der Waals surface area (Å²) in [7, 11) is -2.09. The summed E-state index contributed by atoms with van der Waals surface area (Å²) >= 11 is 0. The average molecular weight is 485 g/mol. The van der Waals surface area contributed by atoms with E-state index < -0.39 is 10.0 Å². The van der Waals surface area contributed by atoms with E-state index in [0.717, 1.165) is 25.0 Å². The Morgan fingerprint density at radius 2 is 1.91 bits per heavy atom. The van der Waals surface area contributed by atoms with Gasteiger partial charge in [-0.1, -0.05) is 12.5 Å². The highest BCUT2D eigenvalue weighted by Crippen LogP contribution is 2.38. The van der Waals surface area contributed by atoms with Gasteiger partial charge in [-0.2, -0.15) is 19.4 Å². The van der Waals surface area contributed by atoms with Crippen molar-refractivity contribution in [2.24, 2.45) is 0 Å². The number of rotatable bonds is 7. The number of aryl methyl sites for hydroxylation is 1. The van der Waals surface area contributed by atoms with E-state index in [1.54, 1.807) is 35.7 Å². The molecule has 2 bridgehead atoms. The second-order valence-corrected chi connectivity index (χ2v) is 10.5. The van der Waals surface area contributed by atoms with E-state index in [0.29, 0.717) is 36.3 Å². The number of methoxy groups -OCH3 is 1. The normalized spacial score (nSPS) is 22.8. The third-order valence-corrected chi connectivity index (χ3v) is 8.22. The first-order chi connectivity index (χ1) is 16.4. The highest BCUT2D eigenvalue weighted by atomic mass is 32.2. The van der Waals surface area contributed by atoms with Crippen molar-refractivity contribution in [3.63, 3.8) is 0 Å². The fourth-order valence-electron chi connectivity index (χ4n) is 4.91. The number of nitrogens with zero attached hydrogens (tertiary/aromatic N) is 5. The summed E-state index contributed by atoms with van der Waals surface area (Å²) in [6.45, 7) is 1.92. The zero-order valence-corrected chi connectivity index (χ0v) is 19.9. The molecular weight excluding hydrogens is 456 g/mol. The Hall–Kier alpha value is -3.25. The van der Waals surface area contributed by atoms with E-state index in [-0.39, 0.29) is 23.2 Å². The van der Waals surface area contributed by atoms with E-state index in [1.165, 1.54) is 6.20 Å². The molecule has 3 N–H and O–H groups in total. The molecular formula is C22H28N8O3S. The van der Waals surface area contributed by atoms with Crippen LogP contribution < -0.4 is 15.4 Å². The van der Waals surface area contributed by atoms with Gasteiger partial charge >= 0.3 is 0 Å². The van der Waals surface area contributed by atoms with Gasteiger partial charge in [-0.25, -0.2) is 13.4 Å². The molecule has 0 aromatic carbocycles. The van der Waals surface area contributed by atoms with Gasteiger partial charge in [0.25, 0.3) is 10.0 Å². The summed E-state index contributed by atoms with van der Waals surface area (Å²) in [6, 6.07) is 8.43. The van der Waals surface area contributed by atoms with Crippen molar-refractivity contribution in [2.75, 3.05) is 17.7 Å². The molecule has 180 valence electrons. The Kier molecular flexibility index (Phi) is 6.09. The number of hydrogen-bond donors (Lipinski definition) is 3. The molecule has 0 unspecified atom stereocenters. The first-order valence-corrected chi connectivity index (χ1v) is 12.8. The monoisotopic (exact) mass is 484 g/mol. The summed E-state index contributed by atoms with van der Waals surface area (Å²) in [5, 5.41) is 13.8. The van der Waals surface area contributed by atoms with E-state index >= 15 is 0 Å². The maximum atomic E-state index is 13.4. The van der Waals surface area contributed by atoms with Crippen LogP contribution in [0.5, 0.6) is 5.88 Å². The molecule has 5 rings (SSSR count). The van der Waals surface area contributed by atoms with Gasteiger partial charge in [0.1, 0.15) is 5.82 Å². The van der Waals surface area contributed by atoms with Crippen molar-refractivity contribution in [3.8, 4) is 5.88 Å². The molecule has 3 aromatic heterocycles. The molecule has 11 nitrogen and oxygen atoms in total. The Morgan fingerprint density at radius 3 is 2.56 bits per heavy atom. The minimum absolute atomic E-state index is 0.0399. The van der Waals surface area contributed by atoms with Crippen LogP contribution in [0.1, 0.15) is 37.8 Å². The number of fused-ring (bicyclic) bond motifs is 2. The van der Waals surface area contributed by atoms with E-state index in [4.69, 9.17) is 4.74 Å². The summed E-state index contributed by atoms with van der Waals surface area (Å²) in [5.41, 5.74) is 0.931. The number of sulfonamides is 1. The summed E-state index contributed by atoms with van der Waals surface area (Å²) < 4.78 is 33.8. The summed E-state index contributed by atoms with van der Waals surface area (Å²) in [6.07, 6.45) is 5.53. The van der Waals surface area contributed by atoms with Gasteiger partial charge in [0, 0.05) is 42.1 Å². The molecule has 2 saturated heterocycles. The van der Waals surface area contributed by atoms with Crippen molar-refractivity contribution in [1.82, 2.24) is 29.5 Å². The fraction of sp³-hybridized carbons (Fsp3) is 0.455. The van der Waals surface area contributed by atoms with Crippen LogP contribution in [0.4, 0.5) is 17.6 Å². The van der Waals surface area contributed by atoms with Gasteiger partial charge < -0.3 is 15.4 Å². The number of ether oxygens (including phenoxy) is 1. The predicted octanol–water partition coefficient (Wildman–Crippen LogP) is 2.84. The molecule has 2 aliphatic heterocycles. The van der Waals surface area contributed by atoms with Crippen LogP contribution in [0.3, 0.4) is 0 Å². The lowest BCUT2D eigenvalue weighted by Gasteiger charge is -2.47. The van der Waals surface area contributed by atoms with Gasteiger partial charge in [0.05, 0.1) is 7.11 Å². The molecule has 0 spiro atoms. The molecule has 0 aliphatic carbocycles. The van der Waals surface area contributed by atoms with Crippen LogP contribution in [-0.4, -0.2) is 63.1 Å². The van der Waals surface area contributed by atoms with Gasteiger partial charge in [-0.15, -0.1) is 0 Å². The van der Waals surface area contributed by atoms with Gasteiger partial charge in [-0.05, 0) is 44.7 Å². The molecule has 0 amide bonds. The molecule has 34 heavy (non-hydrogen) atoms. The van der Waals surface area contributed by atoms with E-state index in [1.807, 2.05) is 13.0 Å². The Labute approximate surface area is 198 Å². The van der Waals surface area contributed by atoms with Gasteiger partial charge in [0.2, 0.25) is 11.8 Å². The zero-order chi connectivity index (χ0) is 23.7. The van der Waals surface area contributed by atoms with Crippen LogP contribution in [0.2, 0.25) is 0 Å². The third kappa shape index (κ3) is 4.55. The molecule has 2 fully saturated rings. The van der Waals surface area contributed by atoms with Crippen LogP contribution in [-0.2, 0) is 10.0 Å². The molecule has 3 aromatic rings. The maximum Gasteiger partial charge on any atom is 0.261 e. The second kappa shape index (κ2) is 9.18. The molecule has 0 radical (unpaired) electrons. The smallest absolute Gasteiger partial charge is 0.261 e. The van der Waals surface area contributed by atoms with E-state index in [9.17, 15) is 8.42 Å². The molecule has 0 saturated carbocycles. The standard InChI is InChI=1S/C22H28N8O3S/c1-14-10-19(29-28-14)25-18-13-20(33-2)27-22(26-18)24-15-11-16-6-5-7-17(12-15)30(16)34(31,32)21-8-3-4-9-23-21/h3-4,8-10,13,15-17H,5-7,11-12H2,1-2H3,(H3,24,25,26,27,28,29)/t15-,16-,17+. The number of hydrogen-bond acceptors (Lipinski definition) is 9. The van der Waals surface area contributed by atoms with Crippen LogP contribution in [0, 0.1) is 6.92 Å². The number of pyridine rings is 1. The van der Waals surface area contributed by atoms with Crippen molar-refractivity contribution < 1.29 is 13.2 Å². The third-order valence-electron chi connectivity index (χ3n) is 6.29. The fourth-order valence-corrected chi connectivity index (χ4v) is 6.74. The highest BCUT2D eigenvalue weighted by Gasteiger charge is 2.45. The SMILES string of the molecule is COc1cc(Nc2cc(C)[nH]n2)nc(N[C@@H]2C[C@H]3CCC[C@@H](C2)N3S(=O)(=O)c2ccccn2)n1. The Balaban J connectivity index is 1.34. The van der Waals surface area contributed by atoms with Gasteiger partial charge in [-0.3, -0.25) is 5.10 Å². The number of aromatic amines is 1. The number of anilines is 3. The first kappa shape index (κ1) is 22.5. The molecule has 3 atom stereocenters. The summed E-state index contributed by atoms with van der Waals surface area (Å²) in [5.74, 6) is 2.05. The van der Waals surface area contributed by atoms with Crippen LogP contribution >= 0.6 is 0 Å². The maximum absolute atomic E-state index is 13.4. The second-order valence-electron chi connectivity index (χ2n) is 8.73. The quantitative estimate of drug-likeness (QED) is 0.462. The van der Waals surface area contributed by atoms with Crippen LogP contribution in [0.15, 0.2) is 41.6 Å². The minimum Gasteiger partial charge on any atom is -0.481 e. The Bertz CT molecular complexity index is 1240. The van der Waals surface area contributed by atoms with Crippen LogP contribution in [0.25, 0.3) is 0 Å². The zero-order valence-electron chi connectivity index (χ0n) is 19.1. The summed E-state index contributed by atoms with van der Waals surface area (Å²) in [4.78, 5) is 13.1. The highest BCUT2D eigenvalue weighted by molar-refractivity contribution is 7.89. The minimum atomic E-state index is -3.64. The first-order valence-electron chi connectivity index (χ1n) is 11.4. The molecule has 12 heteroatoms. The molecule has 5 heterocycles. The predicted molar refractivity (Wildman–Crippen MR) is 127 cm³/mol. The number of piperidine rings is 2. The number of aromatic nitrogens is 5. The largest absolute Gasteiger partial charge is 0.481 e. The average Bonchev–Trinajstić information content (AvgIpc) is 3.23. The van der Waals surface area contributed by atoms with Crippen molar-refractivity contribution >= 4 is 27.6 Å². The number of H-pyrrole nitrogens is 1.